The number of amides is 1. The lowest BCUT2D eigenvalue weighted by atomic mass is 9.79. The molecular formula is C14H17BrClNO3. The number of benzene rings is 1. The van der Waals surface area contributed by atoms with Crippen LogP contribution in [-0.2, 0) is 9.59 Å². The van der Waals surface area contributed by atoms with Gasteiger partial charge in [-0.3, -0.25) is 9.59 Å². The number of nitrogens with one attached hydrogen (secondary N) is 1. The van der Waals surface area contributed by atoms with Crippen molar-refractivity contribution in [2.75, 3.05) is 5.32 Å². The maximum absolute atomic E-state index is 12.1. The van der Waals surface area contributed by atoms with E-state index >= 15 is 0 Å². The first-order valence-electron chi connectivity index (χ1n) is 6.33. The van der Waals surface area contributed by atoms with Gasteiger partial charge in [0.25, 0.3) is 0 Å². The van der Waals surface area contributed by atoms with E-state index in [-0.39, 0.29) is 12.3 Å². The summed E-state index contributed by atoms with van der Waals surface area (Å²) in [7, 11) is 0. The van der Waals surface area contributed by atoms with Crippen molar-refractivity contribution in [2.45, 2.75) is 33.1 Å². The Balaban J connectivity index is 2.83. The van der Waals surface area contributed by atoms with Crippen LogP contribution >= 0.6 is 27.5 Å². The molecule has 0 aliphatic heterocycles. The number of hydrogen-bond donors (Lipinski definition) is 2. The molecule has 110 valence electrons. The number of carbonyl (C=O) groups is 2. The third-order valence-corrected chi connectivity index (χ3v) is 4.40. The zero-order valence-electron chi connectivity index (χ0n) is 11.4. The van der Waals surface area contributed by atoms with Gasteiger partial charge in [-0.1, -0.05) is 25.4 Å². The Morgan fingerprint density at radius 2 is 1.95 bits per heavy atom. The summed E-state index contributed by atoms with van der Waals surface area (Å²) in [6.07, 6.45) is 0.770. The van der Waals surface area contributed by atoms with Crippen molar-refractivity contribution in [2.24, 2.45) is 5.41 Å². The summed E-state index contributed by atoms with van der Waals surface area (Å²) in [5.41, 5.74) is -0.436. The highest BCUT2D eigenvalue weighted by Gasteiger charge is 2.37. The van der Waals surface area contributed by atoms with Crippen molar-refractivity contribution in [1.82, 2.24) is 0 Å². The SMILES string of the molecule is CCC(CC)(CC(=O)Nc1ccc(Cl)cc1Br)C(=O)O. The van der Waals surface area contributed by atoms with Crippen LogP contribution in [0.5, 0.6) is 0 Å². The molecular weight excluding hydrogens is 346 g/mol. The zero-order valence-corrected chi connectivity index (χ0v) is 13.7. The van der Waals surface area contributed by atoms with E-state index in [2.05, 4.69) is 21.2 Å². The number of aliphatic carboxylic acids is 1. The van der Waals surface area contributed by atoms with Gasteiger partial charge >= 0.3 is 5.97 Å². The molecule has 0 radical (unpaired) electrons. The van der Waals surface area contributed by atoms with Gasteiger partial charge in [0, 0.05) is 15.9 Å². The molecule has 0 bridgehead atoms. The second kappa shape index (κ2) is 7.09. The van der Waals surface area contributed by atoms with Gasteiger partial charge in [-0.15, -0.1) is 0 Å². The first kappa shape index (κ1) is 17.0. The number of carboxylic acids is 1. The molecule has 1 aromatic rings. The normalized spacial score (nSPS) is 11.2. The summed E-state index contributed by atoms with van der Waals surface area (Å²) in [6, 6.07) is 5.00. The Labute approximate surface area is 131 Å². The first-order valence-corrected chi connectivity index (χ1v) is 7.50. The molecule has 1 amide bonds. The van der Waals surface area contributed by atoms with Crippen molar-refractivity contribution in [3.05, 3.63) is 27.7 Å². The van der Waals surface area contributed by atoms with Crippen LogP contribution in [0.25, 0.3) is 0 Å². The average molecular weight is 363 g/mol. The third-order valence-electron chi connectivity index (χ3n) is 3.51. The van der Waals surface area contributed by atoms with Gasteiger partial charge in [0.1, 0.15) is 0 Å². The Hall–Kier alpha value is -1.07. The summed E-state index contributed by atoms with van der Waals surface area (Å²) in [6.45, 7) is 3.56. The molecule has 0 saturated carbocycles. The lowest BCUT2D eigenvalue weighted by molar-refractivity contribution is -0.151. The Kier molecular flexibility index (Phi) is 6.02. The van der Waals surface area contributed by atoms with Crippen molar-refractivity contribution in [1.29, 1.82) is 0 Å². The van der Waals surface area contributed by atoms with Gasteiger partial charge in [0.05, 0.1) is 11.1 Å². The molecule has 1 rings (SSSR count). The maximum atomic E-state index is 12.1. The fourth-order valence-corrected chi connectivity index (χ4v) is 2.75. The van der Waals surface area contributed by atoms with Gasteiger partial charge in [0.15, 0.2) is 0 Å². The summed E-state index contributed by atoms with van der Waals surface area (Å²) in [5, 5.41) is 12.6. The second-order valence-corrected chi connectivity index (χ2v) is 5.93. The molecule has 2 N–H and O–H groups in total. The van der Waals surface area contributed by atoms with Gasteiger partial charge in [-0.2, -0.15) is 0 Å². The highest BCUT2D eigenvalue weighted by atomic mass is 79.9. The molecule has 0 saturated heterocycles. The average Bonchev–Trinajstić information content (AvgIpc) is 2.39. The summed E-state index contributed by atoms with van der Waals surface area (Å²) in [5.74, 6) is -1.26. The quantitative estimate of drug-likeness (QED) is 0.792. The van der Waals surface area contributed by atoms with E-state index < -0.39 is 11.4 Å². The van der Waals surface area contributed by atoms with E-state index in [0.29, 0.717) is 28.0 Å². The third kappa shape index (κ3) is 3.96. The number of carbonyl (C=O) groups excluding carboxylic acids is 1. The summed E-state index contributed by atoms with van der Waals surface area (Å²) < 4.78 is 0.660. The molecule has 6 heteroatoms. The molecule has 4 nitrogen and oxygen atoms in total. The molecule has 20 heavy (non-hydrogen) atoms. The minimum atomic E-state index is -1.01. The minimum absolute atomic E-state index is 0.0512. The Morgan fingerprint density at radius 1 is 1.35 bits per heavy atom. The van der Waals surface area contributed by atoms with Crippen LogP contribution < -0.4 is 5.32 Å². The molecule has 0 aromatic heterocycles. The van der Waals surface area contributed by atoms with Crippen LogP contribution in [0.15, 0.2) is 22.7 Å². The van der Waals surface area contributed by atoms with E-state index in [0.717, 1.165) is 0 Å². The lowest BCUT2D eigenvalue weighted by Crippen LogP contribution is -2.34. The maximum Gasteiger partial charge on any atom is 0.310 e. The largest absolute Gasteiger partial charge is 0.481 e. The standard InChI is InChI=1S/C14H17BrClNO3/c1-3-14(4-2,13(19)20)8-12(18)17-11-6-5-9(16)7-10(11)15/h5-7H,3-4,8H2,1-2H3,(H,17,18)(H,19,20). The van der Waals surface area contributed by atoms with Crippen molar-refractivity contribution >= 4 is 45.1 Å². The number of anilines is 1. The highest BCUT2D eigenvalue weighted by Crippen LogP contribution is 2.32. The molecule has 0 atom stereocenters. The minimum Gasteiger partial charge on any atom is -0.481 e. The van der Waals surface area contributed by atoms with Crippen molar-refractivity contribution in [3.63, 3.8) is 0 Å². The smallest absolute Gasteiger partial charge is 0.310 e. The predicted molar refractivity (Wildman–Crippen MR) is 83.0 cm³/mol. The fourth-order valence-electron chi connectivity index (χ4n) is 1.97. The number of halogens is 2. The molecule has 0 unspecified atom stereocenters. The molecule has 0 aliphatic rings. The molecule has 0 heterocycles. The van der Waals surface area contributed by atoms with Crippen molar-refractivity contribution in [3.8, 4) is 0 Å². The number of carboxylic acid groups (broad SMARTS) is 1. The lowest BCUT2D eigenvalue weighted by Gasteiger charge is -2.25. The van der Waals surface area contributed by atoms with Gasteiger partial charge in [0.2, 0.25) is 5.91 Å². The zero-order chi connectivity index (χ0) is 15.3. The molecule has 0 aliphatic carbocycles. The Bertz CT molecular complexity index is 515. The number of rotatable bonds is 6. The number of hydrogen-bond acceptors (Lipinski definition) is 2. The van der Waals surface area contributed by atoms with Gasteiger partial charge in [-0.25, -0.2) is 0 Å². The highest BCUT2D eigenvalue weighted by molar-refractivity contribution is 9.10. The summed E-state index contributed by atoms with van der Waals surface area (Å²) >= 11 is 9.13. The van der Waals surface area contributed by atoms with Gasteiger partial charge in [-0.05, 0) is 47.0 Å². The summed E-state index contributed by atoms with van der Waals surface area (Å²) in [4.78, 5) is 23.4. The van der Waals surface area contributed by atoms with E-state index in [4.69, 9.17) is 11.6 Å². The van der Waals surface area contributed by atoms with Gasteiger partial charge < -0.3 is 10.4 Å². The fraction of sp³-hybridized carbons (Fsp3) is 0.429. The Morgan fingerprint density at radius 3 is 2.40 bits per heavy atom. The van der Waals surface area contributed by atoms with Crippen LogP contribution in [0.4, 0.5) is 5.69 Å². The van der Waals surface area contributed by atoms with E-state index in [1.54, 1.807) is 32.0 Å². The molecule has 0 spiro atoms. The predicted octanol–water partition coefficient (Wildman–Crippen LogP) is 4.32. The monoisotopic (exact) mass is 361 g/mol. The van der Waals surface area contributed by atoms with Crippen LogP contribution in [0.2, 0.25) is 5.02 Å². The molecule has 1 aromatic carbocycles. The van der Waals surface area contributed by atoms with Crippen LogP contribution in [0, 0.1) is 5.41 Å². The first-order chi connectivity index (χ1) is 9.34. The van der Waals surface area contributed by atoms with Crippen LogP contribution in [0.3, 0.4) is 0 Å². The topological polar surface area (TPSA) is 66.4 Å². The van der Waals surface area contributed by atoms with Crippen molar-refractivity contribution < 1.29 is 14.7 Å². The van der Waals surface area contributed by atoms with E-state index in [9.17, 15) is 14.7 Å². The molecule has 0 fully saturated rings. The van der Waals surface area contributed by atoms with Crippen LogP contribution in [0.1, 0.15) is 33.1 Å². The van der Waals surface area contributed by atoms with Crippen LogP contribution in [-0.4, -0.2) is 17.0 Å². The second-order valence-electron chi connectivity index (χ2n) is 4.64. The van der Waals surface area contributed by atoms with E-state index in [1.165, 1.54) is 0 Å². The van der Waals surface area contributed by atoms with E-state index in [1.807, 2.05) is 0 Å².